The van der Waals surface area contributed by atoms with Crippen LogP contribution in [0, 0.1) is 12.7 Å². The summed E-state index contributed by atoms with van der Waals surface area (Å²) < 4.78 is 68.8. The van der Waals surface area contributed by atoms with Gasteiger partial charge >= 0.3 is 6.36 Å². The van der Waals surface area contributed by atoms with E-state index in [2.05, 4.69) is 9.46 Å². The molecule has 0 saturated carbocycles. The first-order chi connectivity index (χ1) is 8.89. The van der Waals surface area contributed by atoms with Gasteiger partial charge in [0.25, 0.3) is 0 Å². The molecule has 8 heteroatoms. The Morgan fingerprint density at radius 3 is 2.20 bits per heavy atom. The topological polar surface area (TPSA) is 38.3 Å². The maximum Gasteiger partial charge on any atom is 0.573 e. The second-order valence-electron chi connectivity index (χ2n) is 5.22. The van der Waals surface area contributed by atoms with Gasteiger partial charge in [0, 0.05) is 5.54 Å². The fourth-order valence-corrected chi connectivity index (χ4v) is 2.48. The Morgan fingerprint density at radius 2 is 1.75 bits per heavy atom. The van der Waals surface area contributed by atoms with Crippen LogP contribution in [0.1, 0.15) is 26.3 Å². The molecular formula is C12H15F4NO2S. The summed E-state index contributed by atoms with van der Waals surface area (Å²) in [6, 6.07) is 1.66. The summed E-state index contributed by atoms with van der Waals surface area (Å²) in [5.41, 5.74) is -0.650. The van der Waals surface area contributed by atoms with Crippen LogP contribution in [0.25, 0.3) is 0 Å². The molecule has 0 radical (unpaired) electrons. The van der Waals surface area contributed by atoms with Crippen molar-refractivity contribution >= 4 is 11.0 Å². The predicted molar refractivity (Wildman–Crippen MR) is 67.1 cm³/mol. The minimum atomic E-state index is -4.94. The van der Waals surface area contributed by atoms with Crippen molar-refractivity contribution in [1.29, 1.82) is 0 Å². The molecule has 0 aliphatic heterocycles. The summed E-state index contributed by atoms with van der Waals surface area (Å²) in [7, 11) is -2.03. The second-order valence-corrected chi connectivity index (χ2v) is 6.40. The average Bonchev–Trinajstić information content (AvgIpc) is 2.18. The van der Waals surface area contributed by atoms with Crippen LogP contribution in [0.2, 0.25) is 0 Å². The molecule has 0 aliphatic rings. The molecule has 114 valence electrons. The van der Waals surface area contributed by atoms with Crippen LogP contribution in [-0.4, -0.2) is 16.1 Å². The fraction of sp³-hybridized carbons (Fsp3) is 0.500. The highest BCUT2D eigenvalue weighted by molar-refractivity contribution is 7.83. The molecule has 0 amide bonds. The third-order valence-corrected chi connectivity index (χ3v) is 3.57. The van der Waals surface area contributed by atoms with E-state index in [0.29, 0.717) is 0 Å². The molecular weight excluding hydrogens is 298 g/mol. The van der Waals surface area contributed by atoms with Gasteiger partial charge in [-0.05, 0) is 45.4 Å². The third kappa shape index (κ3) is 5.09. The smallest absolute Gasteiger partial charge is 0.404 e. The summed E-state index contributed by atoms with van der Waals surface area (Å²) >= 11 is 0. The molecule has 1 rings (SSSR count). The van der Waals surface area contributed by atoms with E-state index in [1.807, 2.05) is 0 Å². The normalized spacial score (nSPS) is 14.2. The Hall–Kier alpha value is -1.15. The van der Waals surface area contributed by atoms with E-state index in [9.17, 15) is 21.8 Å². The lowest BCUT2D eigenvalue weighted by Gasteiger charge is -2.21. The third-order valence-electron chi connectivity index (χ3n) is 2.05. The Balaban J connectivity index is 3.22. The standard InChI is InChI=1S/C12H15F4NO2S/c1-7-5-9(19-12(14,15)16)10(6-8(7)13)20(18)17-11(2,3)4/h5-6,17H,1-4H3. The minimum absolute atomic E-state index is 0.0271. The number of hydrogen-bond acceptors (Lipinski definition) is 2. The predicted octanol–water partition coefficient (Wildman–Crippen LogP) is 3.44. The molecule has 0 heterocycles. The van der Waals surface area contributed by atoms with E-state index in [1.165, 1.54) is 6.92 Å². The van der Waals surface area contributed by atoms with E-state index >= 15 is 0 Å². The maximum absolute atomic E-state index is 13.5. The van der Waals surface area contributed by atoms with Gasteiger partial charge < -0.3 is 4.74 Å². The summed E-state index contributed by atoms with van der Waals surface area (Å²) in [5, 5.41) is 0. The van der Waals surface area contributed by atoms with Crippen LogP contribution in [0.15, 0.2) is 17.0 Å². The Kier molecular flexibility index (Phi) is 4.81. The van der Waals surface area contributed by atoms with Gasteiger partial charge in [-0.1, -0.05) is 0 Å². The highest BCUT2D eigenvalue weighted by Gasteiger charge is 2.33. The van der Waals surface area contributed by atoms with Crippen LogP contribution in [-0.2, 0) is 11.0 Å². The first-order valence-electron chi connectivity index (χ1n) is 5.64. The number of hydrogen-bond donors (Lipinski definition) is 1. The number of rotatable bonds is 3. The Labute approximate surface area is 116 Å². The fourth-order valence-electron chi connectivity index (χ4n) is 1.32. The van der Waals surface area contributed by atoms with Gasteiger partial charge in [0.15, 0.2) is 0 Å². The molecule has 0 bridgehead atoms. The largest absolute Gasteiger partial charge is 0.573 e. The van der Waals surface area contributed by atoms with Crippen LogP contribution >= 0.6 is 0 Å². The first-order valence-corrected chi connectivity index (χ1v) is 6.79. The van der Waals surface area contributed by atoms with Crippen molar-refractivity contribution in [3.63, 3.8) is 0 Å². The molecule has 1 aromatic carbocycles. The molecule has 1 unspecified atom stereocenters. The van der Waals surface area contributed by atoms with Crippen LogP contribution in [0.4, 0.5) is 17.6 Å². The SMILES string of the molecule is Cc1cc(OC(F)(F)F)c(S(=O)NC(C)(C)C)cc1F. The van der Waals surface area contributed by atoms with Crippen LogP contribution in [0.5, 0.6) is 5.75 Å². The van der Waals surface area contributed by atoms with Crippen molar-refractivity contribution in [3.05, 3.63) is 23.5 Å². The maximum atomic E-state index is 13.5. The summed E-state index contributed by atoms with van der Waals surface area (Å²) in [6.07, 6.45) is -4.94. The average molecular weight is 313 g/mol. The van der Waals surface area contributed by atoms with Crippen LogP contribution < -0.4 is 9.46 Å². The number of ether oxygens (including phenoxy) is 1. The lowest BCUT2D eigenvalue weighted by atomic mass is 10.1. The van der Waals surface area contributed by atoms with E-state index in [0.717, 1.165) is 12.1 Å². The minimum Gasteiger partial charge on any atom is -0.404 e. The van der Waals surface area contributed by atoms with Gasteiger partial charge in [-0.15, -0.1) is 13.2 Å². The Morgan fingerprint density at radius 1 is 1.20 bits per heavy atom. The van der Waals surface area contributed by atoms with E-state index in [-0.39, 0.29) is 10.5 Å². The first kappa shape index (κ1) is 16.9. The van der Waals surface area contributed by atoms with E-state index in [4.69, 9.17) is 0 Å². The molecule has 3 nitrogen and oxygen atoms in total. The molecule has 0 spiro atoms. The summed E-state index contributed by atoms with van der Waals surface area (Å²) in [5.74, 6) is -1.43. The van der Waals surface area contributed by atoms with Gasteiger partial charge in [0.2, 0.25) is 0 Å². The number of halogens is 4. The van der Waals surface area contributed by atoms with Crippen molar-refractivity contribution in [1.82, 2.24) is 4.72 Å². The van der Waals surface area contributed by atoms with Crippen molar-refractivity contribution in [2.24, 2.45) is 0 Å². The molecule has 1 N–H and O–H groups in total. The lowest BCUT2D eigenvalue weighted by Crippen LogP contribution is -2.37. The van der Waals surface area contributed by atoms with Gasteiger partial charge in [-0.3, -0.25) is 0 Å². The van der Waals surface area contributed by atoms with Crippen molar-refractivity contribution in [2.75, 3.05) is 0 Å². The summed E-state index contributed by atoms with van der Waals surface area (Å²) in [4.78, 5) is -0.389. The van der Waals surface area contributed by atoms with Crippen LogP contribution in [0.3, 0.4) is 0 Å². The van der Waals surface area contributed by atoms with Crippen molar-refractivity contribution < 1.29 is 26.5 Å². The monoisotopic (exact) mass is 313 g/mol. The van der Waals surface area contributed by atoms with Gasteiger partial charge in [-0.25, -0.2) is 13.3 Å². The van der Waals surface area contributed by atoms with Crippen molar-refractivity contribution in [3.8, 4) is 5.75 Å². The molecule has 1 atom stereocenters. The molecule has 0 fully saturated rings. The number of alkyl halides is 3. The zero-order valence-corrected chi connectivity index (χ0v) is 12.2. The lowest BCUT2D eigenvalue weighted by molar-refractivity contribution is -0.275. The molecule has 0 aliphatic carbocycles. The zero-order chi connectivity index (χ0) is 15.7. The number of aryl methyl sites for hydroxylation is 1. The summed E-state index contributed by atoms with van der Waals surface area (Å²) in [6.45, 7) is 6.33. The van der Waals surface area contributed by atoms with Gasteiger partial charge in [0.1, 0.15) is 22.6 Å². The second kappa shape index (κ2) is 5.69. The van der Waals surface area contributed by atoms with Gasteiger partial charge in [0.05, 0.1) is 4.90 Å². The van der Waals surface area contributed by atoms with E-state index in [1.54, 1.807) is 20.8 Å². The molecule has 0 saturated heterocycles. The molecule has 0 aromatic heterocycles. The molecule has 20 heavy (non-hydrogen) atoms. The zero-order valence-electron chi connectivity index (χ0n) is 11.4. The Bertz CT molecular complexity index is 523. The van der Waals surface area contributed by atoms with Gasteiger partial charge in [-0.2, -0.15) is 0 Å². The van der Waals surface area contributed by atoms with E-state index < -0.39 is 34.5 Å². The number of nitrogens with one attached hydrogen (secondary N) is 1. The quantitative estimate of drug-likeness (QED) is 0.868. The highest BCUT2D eigenvalue weighted by Crippen LogP contribution is 2.31. The van der Waals surface area contributed by atoms with Crippen molar-refractivity contribution in [2.45, 2.75) is 44.5 Å². The number of benzene rings is 1. The highest BCUT2D eigenvalue weighted by atomic mass is 32.2. The molecule has 1 aromatic rings.